The van der Waals surface area contributed by atoms with E-state index in [0.717, 1.165) is 5.56 Å². The van der Waals surface area contributed by atoms with E-state index >= 15 is 4.39 Å². The number of nitrogens with one attached hydrogen (secondary N) is 1. The van der Waals surface area contributed by atoms with Gasteiger partial charge in [0, 0.05) is 24.2 Å². The van der Waals surface area contributed by atoms with Crippen molar-refractivity contribution in [3.8, 4) is 34.1 Å². The van der Waals surface area contributed by atoms with Gasteiger partial charge in [-0.3, -0.25) is 9.78 Å². The Labute approximate surface area is 206 Å². The average molecular weight is 483 g/mol. The zero-order valence-corrected chi connectivity index (χ0v) is 19.6. The molecule has 0 aliphatic heterocycles. The summed E-state index contributed by atoms with van der Waals surface area (Å²) in [5.74, 6) is 1.30. The highest BCUT2D eigenvalue weighted by molar-refractivity contribution is 5.92. The van der Waals surface area contributed by atoms with Crippen LogP contribution in [0.25, 0.3) is 22.0 Å². The first-order chi connectivity index (χ1) is 17.6. The minimum absolute atomic E-state index is 0.00567. The normalized spacial score (nSPS) is 10.9. The molecule has 180 valence electrons. The summed E-state index contributed by atoms with van der Waals surface area (Å²) in [6, 6.07) is 19.2. The van der Waals surface area contributed by atoms with Crippen LogP contribution in [0, 0.1) is 5.82 Å². The van der Waals surface area contributed by atoms with Gasteiger partial charge in [0.15, 0.2) is 23.1 Å². The number of hydrogen-bond acceptors (Lipinski definition) is 6. The van der Waals surface area contributed by atoms with Gasteiger partial charge in [-0.05, 0) is 41.5 Å². The smallest absolute Gasteiger partial charge is 0.258 e. The van der Waals surface area contributed by atoms with Gasteiger partial charge in [-0.1, -0.05) is 36.4 Å². The number of H-pyrrole nitrogens is 1. The molecular weight excluding hydrogens is 461 g/mol. The van der Waals surface area contributed by atoms with Gasteiger partial charge in [0.1, 0.15) is 17.1 Å². The molecular formula is C28H22FN3O4. The highest BCUT2D eigenvalue weighted by atomic mass is 19.1. The zero-order valence-electron chi connectivity index (χ0n) is 19.6. The summed E-state index contributed by atoms with van der Waals surface area (Å²) in [5.41, 5.74) is 1.87. The van der Waals surface area contributed by atoms with Crippen LogP contribution in [0.1, 0.15) is 11.4 Å². The predicted octanol–water partition coefficient (Wildman–Crippen LogP) is 5.52. The number of pyridine rings is 1. The van der Waals surface area contributed by atoms with Gasteiger partial charge in [0.25, 0.3) is 5.56 Å². The minimum Gasteiger partial charge on any atom is -0.493 e. The molecule has 0 radical (unpaired) electrons. The van der Waals surface area contributed by atoms with Gasteiger partial charge in [-0.2, -0.15) is 0 Å². The third-order valence-electron chi connectivity index (χ3n) is 5.74. The molecule has 0 aliphatic carbocycles. The number of methoxy groups -OCH3 is 2. The van der Waals surface area contributed by atoms with Crippen LogP contribution in [0.15, 0.2) is 83.9 Å². The van der Waals surface area contributed by atoms with Gasteiger partial charge in [-0.25, -0.2) is 9.37 Å². The first-order valence-corrected chi connectivity index (χ1v) is 11.2. The fourth-order valence-electron chi connectivity index (χ4n) is 3.98. The molecule has 0 bridgehead atoms. The third kappa shape index (κ3) is 4.48. The first-order valence-electron chi connectivity index (χ1n) is 11.2. The summed E-state index contributed by atoms with van der Waals surface area (Å²) in [7, 11) is 3.06. The van der Waals surface area contributed by atoms with Crippen LogP contribution in [-0.2, 0) is 6.42 Å². The Morgan fingerprint density at radius 1 is 0.889 bits per heavy atom. The Bertz CT molecular complexity index is 1600. The highest BCUT2D eigenvalue weighted by Gasteiger charge is 2.16. The number of fused-ring (bicyclic) bond motifs is 1. The molecule has 5 aromatic rings. The molecule has 0 spiro atoms. The van der Waals surface area contributed by atoms with Crippen molar-refractivity contribution in [2.24, 2.45) is 0 Å². The molecule has 2 heterocycles. The van der Waals surface area contributed by atoms with Gasteiger partial charge >= 0.3 is 0 Å². The van der Waals surface area contributed by atoms with Gasteiger partial charge < -0.3 is 19.2 Å². The van der Waals surface area contributed by atoms with E-state index in [1.807, 2.05) is 30.3 Å². The standard InChI is InChI=1S/C28H22FN3O4/c1-34-24-11-9-19-22(12-13-30-26(19)27(24)35-2)36-23-10-8-18(15-21(23)29)20-16-31-25(32-28(20)33)14-17-6-4-3-5-7-17/h3-13,15-16H,14H2,1-2H3,(H,31,32,33). The van der Waals surface area contributed by atoms with Crippen LogP contribution in [-0.4, -0.2) is 29.2 Å². The molecule has 3 aromatic carbocycles. The number of halogens is 1. The molecule has 0 atom stereocenters. The van der Waals surface area contributed by atoms with Crippen molar-refractivity contribution in [3.63, 3.8) is 0 Å². The van der Waals surface area contributed by atoms with Crippen molar-refractivity contribution in [2.45, 2.75) is 6.42 Å². The maximum Gasteiger partial charge on any atom is 0.258 e. The molecule has 0 saturated heterocycles. The molecule has 0 fully saturated rings. The summed E-state index contributed by atoms with van der Waals surface area (Å²) >= 11 is 0. The van der Waals surface area contributed by atoms with Crippen molar-refractivity contribution in [1.82, 2.24) is 15.0 Å². The monoisotopic (exact) mass is 483 g/mol. The number of ether oxygens (including phenoxy) is 3. The van der Waals surface area contributed by atoms with Gasteiger partial charge in [0.05, 0.1) is 19.8 Å². The van der Waals surface area contributed by atoms with Crippen LogP contribution < -0.4 is 19.8 Å². The topological polar surface area (TPSA) is 86.3 Å². The largest absolute Gasteiger partial charge is 0.493 e. The van der Waals surface area contributed by atoms with Crippen molar-refractivity contribution in [1.29, 1.82) is 0 Å². The number of rotatable bonds is 7. The van der Waals surface area contributed by atoms with E-state index in [1.54, 1.807) is 37.6 Å². The lowest BCUT2D eigenvalue weighted by Gasteiger charge is -2.13. The van der Waals surface area contributed by atoms with Crippen molar-refractivity contribution >= 4 is 10.9 Å². The van der Waals surface area contributed by atoms with E-state index in [1.165, 1.54) is 25.4 Å². The summed E-state index contributed by atoms with van der Waals surface area (Å²) in [5, 5.41) is 0.633. The van der Waals surface area contributed by atoms with Crippen LogP contribution >= 0.6 is 0 Å². The molecule has 0 saturated carbocycles. The Hall–Kier alpha value is -4.72. The number of aromatic amines is 1. The van der Waals surface area contributed by atoms with E-state index in [-0.39, 0.29) is 16.9 Å². The van der Waals surface area contributed by atoms with E-state index in [2.05, 4.69) is 15.0 Å². The lowest BCUT2D eigenvalue weighted by atomic mass is 10.1. The molecule has 7 nitrogen and oxygen atoms in total. The molecule has 5 rings (SSSR count). The SMILES string of the molecule is COc1ccc2c(Oc3ccc(-c4cnc(Cc5ccccc5)[nH]c4=O)cc3F)ccnc2c1OC. The fraction of sp³-hybridized carbons (Fsp3) is 0.107. The Morgan fingerprint density at radius 3 is 2.42 bits per heavy atom. The van der Waals surface area contributed by atoms with Crippen LogP contribution in [0.4, 0.5) is 4.39 Å². The van der Waals surface area contributed by atoms with E-state index in [9.17, 15) is 4.79 Å². The molecule has 0 amide bonds. The maximum absolute atomic E-state index is 15.1. The highest BCUT2D eigenvalue weighted by Crippen LogP contribution is 2.39. The summed E-state index contributed by atoms with van der Waals surface area (Å²) in [6.07, 6.45) is 3.50. The minimum atomic E-state index is -0.620. The summed E-state index contributed by atoms with van der Waals surface area (Å²) in [4.78, 5) is 24.2. The Morgan fingerprint density at radius 2 is 1.69 bits per heavy atom. The molecule has 2 aromatic heterocycles. The molecule has 36 heavy (non-hydrogen) atoms. The molecule has 0 aliphatic rings. The lowest BCUT2D eigenvalue weighted by Crippen LogP contribution is -2.13. The molecule has 8 heteroatoms. The van der Waals surface area contributed by atoms with E-state index < -0.39 is 5.82 Å². The Kier molecular flexibility index (Phi) is 6.32. The van der Waals surface area contributed by atoms with Crippen molar-refractivity contribution < 1.29 is 18.6 Å². The second kappa shape index (κ2) is 9.87. The number of nitrogens with zero attached hydrogens (tertiary/aromatic N) is 2. The number of hydrogen-bond donors (Lipinski definition) is 1. The van der Waals surface area contributed by atoms with Crippen molar-refractivity contribution in [3.05, 3.63) is 107 Å². The first kappa shape index (κ1) is 23.0. The zero-order chi connectivity index (χ0) is 25.1. The second-order valence-corrected chi connectivity index (χ2v) is 7.99. The summed E-state index contributed by atoms with van der Waals surface area (Å²) < 4.78 is 31.7. The third-order valence-corrected chi connectivity index (χ3v) is 5.74. The Balaban J connectivity index is 1.42. The average Bonchev–Trinajstić information content (AvgIpc) is 2.90. The predicted molar refractivity (Wildman–Crippen MR) is 134 cm³/mol. The number of benzene rings is 3. The van der Waals surface area contributed by atoms with E-state index in [4.69, 9.17) is 14.2 Å². The fourth-order valence-corrected chi connectivity index (χ4v) is 3.98. The van der Waals surface area contributed by atoms with Gasteiger partial charge in [-0.15, -0.1) is 0 Å². The lowest BCUT2D eigenvalue weighted by molar-refractivity contribution is 0.358. The van der Waals surface area contributed by atoms with Crippen LogP contribution in [0.5, 0.6) is 23.0 Å². The second-order valence-electron chi connectivity index (χ2n) is 7.99. The maximum atomic E-state index is 15.1. The van der Waals surface area contributed by atoms with Crippen LogP contribution in [0.2, 0.25) is 0 Å². The molecule has 1 N–H and O–H groups in total. The molecule has 0 unspecified atom stereocenters. The van der Waals surface area contributed by atoms with Crippen LogP contribution in [0.3, 0.4) is 0 Å². The van der Waals surface area contributed by atoms with Crippen molar-refractivity contribution in [2.75, 3.05) is 14.2 Å². The number of aromatic nitrogens is 3. The summed E-state index contributed by atoms with van der Waals surface area (Å²) in [6.45, 7) is 0. The van der Waals surface area contributed by atoms with Gasteiger partial charge in [0.2, 0.25) is 0 Å². The van der Waals surface area contributed by atoms with E-state index in [0.29, 0.717) is 46.0 Å². The quantitative estimate of drug-likeness (QED) is 0.328.